The predicted molar refractivity (Wildman–Crippen MR) is 111 cm³/mol. The van der Waals surface area contributed by atoms with Crippen molar-refractivity contribution in [3.8, 4) is 0 Å². The zero-order valence-corrected chi connectivity index (χ0v) is 16.5. The van der Waals surface area contributed by atoms with Crippen LogP contribution in [0.5, 0.6) is 0 Å². The number of thioether (sulfide) groups is 1. The number of fused-ring (bicyclic) bond motifs is 4. The third kappa shape index (κ3) is 2.95. The second-order valence-electron chi connectivity index (χ2n) is 5.75. The molecule has 0 saturated carbocycles. The lowest BCUT2D eigenvalue weighted by Crippen LogP contribution is -2.19. The number of para-hydroxylation sites is 1. The molecule has 0 aliphatic rings. The molecular formula is C17H12N6OS3. The van der Waals surface area contributed by atoms with Gasteiger partial charge in [-0.25, -0.2) is 14.6 Å². The Kier molecular flexibility index (Phi) is 4.03. The Hall–Kier alpha value is -2.56. The fourth-order valence-electron chi connectivity index (χ4n) is 2.82. The number of nitrogens with zero attached hydrogens (tertiary/aromatic N) is 5. The summed E-state index contributed by atoms with van der Waals surface area (Å²) in [6, 6.07) is 11.5. The number of anilines is 1. The largest absolute Gasteiger partial charge is 0.300 e. The number of thiazole rings is 2. The molecule has 0 aliphatic carbocycles. The summed E-state index contributed by atoms with van der Waals surface area (Å²) in [5.74, 6) is -0.185. The van der Waals surface area contributed by atoms with E-state index < -0.39 is 0 Å². The standard InChI is InChI=1S/C17H12N6OS3/c1-25-17-19-11-7-6-10-14(15(11)27-17)26-16(18-10)20-13(24)8-23-12-5-3-2-4-9(12)21-22-23/h2-7H,8H2,1H3,(H,18,20,24). The molecule has 7 nitrogen and oxygen atoms in total. The normalized spacial score (nSPS) is 11.6. The summed E-state index contributed by atoms with van der Waals surface area (Å²) in [5.41, 5.74) is 3.42. The molecule has 27 heavy (non-hydrogen) atoms. The van der Waals surface area contributed by atoms with E-state index in [2.05, 4.69) is 25.6 Å². The SMILES string of the molecule is CSc1nc2ccc3nc(NC(=O)Cn4nnc5ccccc54)sc3c2s1. The second kappa shape index (κ2) is 6.55. The lowest BCUT2D eigenvalue weighted by Gasteiger charge is -2.02. The van der Waals surface area contributed by atoms with Crippen LogP contribution in [0, 0.1) is 0 Å². The predicted octanol–water partition coefficient (Wildman–Crippen LogP) is 4.01. The van der Waals surface area contributed by atoms with Crippen LogP contribution in [0.1, 0.15) is 0 Å². The van der Waals surface area contributed by atoms with Crippen molar-refractivity contribution in [2.45, 2.75) is 10.9 Å². The van der Waals surface area contributed by atoms with Crippen LogP contribution in [-0.4, -0.2) is 37.1 Å². The van der Waals surface area contributed by atoms with E-state index in [0.717, 1.165) is 35.8 Å². The smallest absolute Gasteiger partial charge is 0.247 e. The van der Waals surface area contributed by atoms with E-state index in [-0.39, 0.29) is 12.5 Å². The average Bonchev–Trinajstić information content (AvgIpc) is 3.37. The zero-order valence-electron chi connectivity index (χ0n) is 14.0. The Labute approximate surface area is 165 Å². The number of carbonyl (C=O) groups excluding carboxylic acids is 1. The van der Waals surface area contributed by atoms with Gasteiger partial charge in [-0.3, -0.25) is 4.79 Å². The third-order valence-corrected chi connectivity index (χ3v) is 7.23. The van der Waals surface area contributed by atoms with Crippen molar-refractivity contribution in [1.82, 2.24) is 25.0 Å². The molecule has 0 atom stereocenters. The van der Waals surface area contributed by atoms with Gasteiger partial charge in [-0.2, -0.15) is 0 Å². The molecule has 2 aromatic carbocycles. The van der Waals surface area contributed by atoms with Crippen LogP contribution in [-0.2, 0) is 11.3 Å². The van der Waals surface area contributed by atoms with Gasteiger partial charge >= 0.3 is 0 Å². The molecule has 0 unspecified atom stereocenters. The second-order valence-corrected chi connectivity index (χ2v) is 8.80. The fraction of sp³-hybridized carbons (Fsp3) is 0.118. The fourth-order valence-corrected chi connectivity index (χ4v) is 5.50. The summed E-state index contributed by atoms with van der Waals surface area (Å²) in [4.78, 5) is 21.6. The molecule has 0 saturated heterocycles. The first kappa shape index (κ1) is 16.6. The van der Waals surface area contributed by atoms with Crippen LogP contribution in [0.2, 0.25) is 0 Å². The van der Waals surface area contributed by atoms with Crippen LogP contribution in [0.4, 0.5) is 5.13 Å². The minimum absolute atomic E-state index is 0.0863. The Morgan fingerprint density at radius 2 is 1.85 bits per heavy atom. The van der Waals surface area contributed by atoms with Crippen LogP contribution >= 0.6 is 34.4 Å². The van der Waals surface area contributed by atoms with E-state index in [1.165, 1.54) is 11.3 Å². The van der Waals surface area contributed by atoms with Crippen molar-refractivity contribution in [3.05, 3.63) is 36.4 Å². The third-order valence-electron chi connectivity index (χ3n) is 4.03. The molecule has 0 spiro atoms. The minimum Gasteiger partial charge on any atom is -0.300 e. The average molecular weight is 413 g/mol. The molecule has 0 aliphatic heterocycles. The van der Waals surface area contributed by atoms with Crippen molar-refractivity contribution in [1.29, 1.82) is 0 Å². The highest BCUT2D eigenvalue weighted by Crippen LogP contribution is 2.37. The summed E-state index contributed by atoms with van der Waals surface area (Å²) >= 11 is 4.75. The monoisotopic (exact) mass is 412 g/mol. The quantitative estimate of drug-likeness (QED) is 0.449. The van der Waals surface area contributed by atoms with E-state index in [0.29, 0.717) is 5.13 Å². The Balaban J connectivity index is 1.43. The number of hydrogen-bond donors (Lipinski definition) is 1. The number of nitrogens with one attached hydrogen (secondary N) is 1. The van der Waals surface area contributed by atoms with Crippen LogP contribution < -0.4 is 5.32 Å². The Morgan fingerprint density at radius 1 is 1.07 bits per heavy atom. The number of hydrogen-bond acceptors (Lipinski definition) is 8. The van der Waals surface area contributed by atoms with E-state index >= 15 is 0 Å². The first-order valence-corrected chi connectivity index (χ1v) is 10.9. The van der Waals surface area contributed by atoms with Crippen LogP contribution in [0.25, 0.3) is 31.5 Å². The number of amides is 1. The van der Waals surface area contributed by atoms with Gasteiger partial charge in [-0.15, -0.1) is 16.4 Å². The van der Waals surface area contributed by atoms with E-state index in [1.807, 2.05) is 42.7 Å². The van der Waals surface area contributed by atoms with E-state index in [1.54, 1.807) is 27.8 Å². The van der Waals surface area contributed by atoms with Gasteiger partial charge in [0.2, 0.25) is 5.91 Å². The van der Waals surface area contributed by atoms with Gasteiger partial charge in [0, 0.05) is 0 Å². The van der Waals surface area contributed by atoms with Crippen molar-refractivity contribution in [2.75, 3.05) is 11.6 Å². The highest BCUT2D eigenvalue weighted by Gasteiger charge is 2.14. The number of carbonyl (C=O) groups is 1. The Bertz CT molecular complexity index is 1300. The molecule has 0 radical (unpaired) electrons. The summed E-state index contributed by atoms with van der Waals surface area (Å²) in [6.07, 6.45) is 2.01. The topological polar surface area (TPSA) is 85.6 Å². The van der Waals surface area contributed by atoms with Gasteiger partial charge in [0.05, 0.1) is 25.9 Å². The van der Waals surface area contributed by atoms with E-state index in [4.69, 9.17) is 0 Å². The van der Waals surface area contributed by atoms with Crippen LogP contribution in [0.15, 0.2) is 40.7 Å². The molecule has 3 heterocycles. The zero-order chi connectivity index (χ0) is 18.4. The molecule has 0 bridgehead atoms. The maximum Gasteiger partial charge on any atom is 0.247 e. The number of benzene rings is 2. The molecule has 5 rings (SSSR count). The molecule has 1 N–H and O–H groups in total. The summed E-state index contributed by atoms with van der Waals surface area (Å²) in [6.45, 7) is 0.0863. The molecule has 1 amide bonds. The Morgan fingerprint density at radius 3 is 2.70 bits per heavy atom. The van der Waals surface area contributed by atoms with Crippen LogP contribution in [0.3, 0.4) is 0 Å². The molecule has 10 heteroatoms. The first-order chi connectivity index (χ1) is 13.2. The molecule has 5 aromatic rings. The van der Waals surface area contributed by atoms with Gasteiger partial charge in [-0.05, 0) is 30.5 Å². The molecule has 134 valence electrons. The van der Waals surface area contributed by atoms with Crippen molar-refractivity contribution in [3.63, 3.8) is 0 Å². The summed E-state index contributed by atoms with van der Waals surface area (Å²) in [7, 11) is 0. The minimum atomic E-state index is -0.185. The lowest BCUT2D eigenvalue weighted by atomic mass is 10.3. The maximum atomic E-state index is 12.5. The van der Waals surface area contributed by atoms with Gasteiger partial charge in [-0.1, -0.05) is 40.4 Å². The van der Waals surface area contributed by atoms with Crippen molar-refractivity contribution in [2.24, 2.45) is 0 Å². The van der Waals surface area contributed by atoms with Gasteiger partial charge in [0.25, 0.3) is 0 Å². The number of rotatable bonds is 4. The van der Waals surface area contributed by atoms with E-state index in [9.17, 15) is 4.79 Å². The number of aromatic nitrogens is 5. The van der Waals surface area contributed by atoms with Crippen molar-refractivity contribution < 1.29 is 4.79 Å². The maximum absolute atomic E-state index is 12.5. The van der Waals surface area contributed by atoms with Gasteiger partial charge in [0.1, 0.15) is 12.1 Å². The van der Waals surface area contributed by atoms with Crippen molar-refractivity contribution >= 4 is 76.9 Å². The summed E-state index contributed by atoms with van der Waals surface area (Å²) in [5, 5.41) is 11.6. The molecule has 0 fully saturated rings. The van der Waals surface area contributed by atoms with Gasteiger partial charge < -0.3 is 5.32 Å². The molecule has 3 aromatic heterocycles. The highest BCUT2D eigenvalue weighted by molar-refractivity contribution is 8.00. The first-order valence-electron chi connectivity index (χ1n) is 8.03. The summed E-state index contributed by atoms with van der Waals surface area (Å²) < 4.78 is 4.77. The highest BCUT2D eigenvalue weighted by atomic mass is 32.2. The molecular weight excluding hydrogens is 400 g/mol. The van der Waals surface area contributed by atoms with Gasteiger partial charge in [0.15, 0.2) is 9.47 Å². The lowest BCUT2D eigenvalue weighted by molar-refractivity contribution is -0.116.